The number of benzene rings is 1. The van der Waals surface area contributed by atoms with Gasteiger partial charge in [-0.2, -0.15) is 5.26 Å². The SMILES string of the molecule is Cc1cnc(COc2cc(C)n(-c3cc(-c4ccnc(C(C)(C)O)n4)ccc3C#N)c(=O)c2Cl)c(F)c1. The Kier molecular flexibility index (Phi) is 7.07. The molecule has 1 N–H and O–H groups in total. The Labute approximate surface area is 217 Å². The van der Waals surface area contributed by atoms with E-state index in [1.165, 1.54) is 23.0 Å². The summed E-state index contributed by atoms with van der Waals surface area (Å²) in [7, 11) is 0. The summed E-state index contributed by atoms with van der Waals surface area (Å²) < 4.78 is 21.1. The van der Waals surface area contributed by atoms with Crippen LogP contribution in [0.15, 0.2) is 53.6 Å². The lowest BCUT2D eigenvalue weighted by atomic mass is 10.0. The van der Waals surface area contributed by atoms with Crippen LogP contribution in [0, 0.1) is 31.0 Å². The lowest BCUT2D eigenvalue weighted by Gasteiger charge is -2.17. The minimum atomic E-state index is -1.25. The van der Waals surface area contributed by atoms with Crippen LogP contribution in [0.1, 0.15) is 42.2 Å². The maximum Gasteiger partial charge on any atom is 0.277 e. The summed E-state index contributed by atoms with van der Waals surface area (Å²) in [5.41, 5.74) is 0.974. The van der Waals surface area contributed by atoms with Gasteiger partial charge in [-0.15, -0.1) is 0 Å². The van der Waals surface area contributed by atoms with Crippen LogP contribution >= 0.6 is 11.6 Å². The molecule has 0 amide bonds. The number of aryl methyl sites for hydroxylation is 2. The number of hydrogen-bond donors (Lipinski definition) is 1. The van der Waals surface area contributed by atoms with E-state index in [-0.39, 0.29) is 34.5 Å². The molecule has 0 bridgehead atoms. The molecule has 3 aromatic heterocycles. The van der Waals surface area contributed by atoms with Crippen LogP contribution in [0.2, 0.25) is 5.02 Å². The Hall–Kier alpha value is -4.13. The predicted octanol–water partition coefficient (Wildman–Crippen LogP) is 4.78. The third kappa shape index (κ3) is 5.35. The standard InChI is InChI=1S/C27H23ClFN5O3/c1-15-9-19(29)21(32-13-15)14-37-23-10-16(2)34(25(35)24(23)28)22-11-17(5-6-18(22)12-30)20-7-8-31-26(33-20)27(3,4)36/h5-11,13,36H,14H2,1-4H3. The van der Waals surface area contributed by atoms with E-state index in [0.29, 0.717) is 28.2 Å². The zero-order chi connectivity index (χ0) is 26.9. The maximum atomic E-state index is 14.2. The van der Waals surface area contributed by atoms with Gasteiger partial charge in [0.25, 0.3) is 5.56 Å². The Morgan fingerprint density at radius 3 is 2.62 bits per heavy atom. The fraction of sp³-hybridized carbons (Fsp3) is 0.222. The highest BCUT2D eigenvalue weighted by molar-refractivity contribution is 6.31. The van der Waals surface area contributed by atoms with Gasteiger partial charge in [-0.25, -0.2) is 14.4 Å². The number of aromatic nitrogens is 4. The second-order valence-electron chi connectivity index (χ2n) is 9.00. The van der Waals surface area contributed by atoms with Crippen molar-refractivity contribution in [1.29, 1.82) is 5.26 Å². The molecule has 0 aliphatic carbocycles. The molecule has 188 valence electrons. The van der Waals surface area contributed by atoms with Crippen molar-refractivity contribution in [2.45, 2.75) is 39.9 Å². The lowest BCUT2D eigenvalue weighted by molar-refractivity contribution is 0.0688. The van der Waals surface area contributed by atoms with Crippen LogP contribution in [0.25, 0.3) is 16.9 Å². The van der Waals surface area contributed by atoms with E-state index in [4.69, 9.17) is 16.3 Å². The average molecular weight is 520 g/mol. The van der Waals surface area contributed by atoms with Crippen molar-refractivity contribution >= 4 is 11.6 Å². The van der Waals surface area contributed by atoms with Crippen LogP contribution in [-0.2, 0) is 12.2 Å². The summed E-state index contributed by atoms with van der Waals surface area (Å²) in [5.74, 6) is -0.218. The molecule has 0 atom stereocenters. The predicted molar refractivity (Wildman–Crippen MR) is 136 cm³/mol. The molecule has 0 spiro atoms. The number of halogens is 2. The normalized spacial score (nSPS) is 11.3. The highest BCUT2D eigenvalue weighted by Gasteiger charge is 2.21. The highest BCUT2D eigenvalue weighted by Crippen LogP contribution is 2.28. The molecular weight excluding hydrogens is 497 g/mol. The number of nitrogens with zero attached hydrogens (tertiary/aromatic N) is 5. The van der Waals surface area contributed by atoms with Crippen molar-refractivity contribution in [3.63, 3.8) is 0 Å². The molecule has 37 heavy (non-hydrogen) atoms. The average Bonchev–Trinajstić information content (AvgIpc) is 2.86. The van der Waals surface area contributed by atoms with Crippen LogP contribution in [0.3, 0.4) is 0 Å². The maximum absolute atomic E-state index is 14.2. The van der Waals surface area contributed by atoms with Crippen molar-refractivity contribution in [3.8, 4) is 28.8 Å². The zero-order valence-corrected chi connectivity index (χ0v) is 21.3. The van der Waals surface area contributed by atoms with Gasteiger partial charge in [0.15, 0.2) is 5.82 Å². The number of ether oxygens (including phenoxy) is 1. The molecule has 8 nitrogen and oxygen atoms in total. The molecule has 3 heterocycles. The summed E-state index contributed by atoms with van der Waals surface area (Å²) in [6.45, 7) is 6.33. The zero-order valence-electron chi connectivity index (χ0n) is 20.6. The second-order valence-corrected chi connectivity index (χ2v) is 9.38. The second kappa shape index (κ2) is 10.1. The largest absolute Gasteiger partial charge is 0.485 e. The molecule has 0 unspecified atom stereocenters. The molecule has 10 heteroatoms. The third-order valence-corrected chi connectivity index (χ3v) is 5.92. The smallest absolute Gasteiger partial charge is 0.277 e. The van der Waals surface area contributed by atoms with Crippen LogP contribution in [0.4, 0.5) is 4.39 Å². The van der Waals surface area contributed by atoms with Crippen LogP contribution in [0.5, 0.6) is 5.75 Å². The van der Waals surface area contributed by atoms with Gasteiger partial charge in [-0.05, 0) is 57.5 Å². The summed E-state index contributed by atoms with van der Waals surface area (Å²) in [5, 5.41) is 19.8. The molecular formula is C27H23ClFN5O3. The van der Waals surface area contributed by atoms with E-state index in [9.17, 15) is 19.6 Å². The van der Waals surface area contributed by atoms with Gasteiger partial charge in [-0.1, -0.05) is 17.7 Å². The minimum absolute atomic E-state index is 0.0717. The summed E-state index contributed by atoms with van der Waals surface area (Å²) in [6.07, 6.45) is 3.05. The van der Waals surface area contributed by atoms with E-state index in [1.54, 1.807) is 58.0 Å². The minimum Gasteiger partial charge on any atom is -0.485 e. The van der Waals surface area contributed by atoms with Gasteiger partial charge in [0.05, 0.1) is 16.9 Å². The van der Waals surface area contributed by atoms with Crippen LogP contribution in [-0.4, -0.2) is 24.6 Å². The number of nitriles is 1. The van der Waals surface area contributed by atoms with Gasteiger partial charge in [0.2, 0.25) is 0 Å². The number of rotatable bonds is 6. The Morgan fingerprint density at radius 2 is 1.95 bits per heavy atom. The Bertz CT molecular complexity index is 1610. The highest BCUT2D eigenvalue weighted by atomic mass is 35.5. The topological polar surface area (TPSA) is 114 Å². The molecule has 1 aromatic carbocycles. The molecule has 0 fully saturated rings. The molecule has 4 aromatic rings. The van der Waals surface area contributed by atoms with E-state index in [2.05, 4.69) is 21.0 Å². The van der Waals surface area contributed by atoms with Gasteiger partial charge < -0.3 is 9.84 Å². The Balaban J connectivity index is 1.76. The molecule has 0 aliphatic heterocycles. The summed E-state index contributed by atoms with van der Waals surface area (Å²) in [4.78, 5) is 25.9. The van der Waals surface area contributed by atoms with E-state index >= 15 is 0 Å². The van der Waals surface area contributed by atoms with Crippen LogP contribution < -0.4 is 10.3 Å². The van der Waals surface area contributed by atoms with Gasteiger partial charge >= 0.3 is 0 Å². The van der Waals surface area contributed by atoms with Crippen molar-refractivity contribution < 1.29 is 14.2 Å². The van der Waals surface area contributed by atoms with Gasteiger partial charge in [-0.3, -0.25) is 14.3 Å². The van der Waals surface area contributed by atoms with Gasteiger partial charge in [0, 0.05) is 29.7 Å². The third-order valence-electron chi connectivity index (χ3n) is 5.58. The van der Waals surface area contributed by atoms with E-state index < -0.39 is 17.0 Å². The molecule has 0 saturated heterocycles. The summed E-state index contributed by atoms with van der Waals surface area (Å²) in [6, 6.07) is 11.6. The van der Waals surface area contributed by atoms with Crippen molar-refractivity contribution in [2.75, 3.05) is 0 Å². The number of aliphatic hydroxyl groups is 1. The van der Waals surface area contributed by atoms with E-state index in [0.717, 1.165) is 0 Å². The van der Waals surface area contributed by atoms with Gasteiger partial charge in [0.1, 0.15) is 40.6 Å². The molecule has 4 rings (SSSR count). The first-order chi connectivity index (χ1) is 17.5. The molecule has 0 saturated carbocycles. The van der Waals surface area contributed by atoms with Crippen molar-refractivity contribution in [2.24, 2.45) is 0 Å². The number of hydrogen-bond acceptors (Lipinski definition) is 7. The Morgan fingerprint density at radius 1 is 1.19 bits per heavy atom. The molecule has 0 radical (unpaired) electrons. The van der Waals surface area contributed by atoms with E-state index in [1.807, 2.05) is 0 Å². The number of pyridine rings is 2. The first kappa shape index (κ1) is 25.9. The lowest BCUT2D eigenvalue weighted by Crippen LogP contribution is -2.23. The van der Waals surface area contributed by atoms with Crippen molar-refractivity contribution in [1.82, 2.24) is 19.5 Å². The fourth-order valence-electron chi connectivity index (χ4n) is 3.68. The monoisotopic (exact) mass is 519 g/mol. The summed E-state index contributed by atoms with van der Waals surface area (Å²) >= 11 is 6.37. The fourth-order valence-corrected chi connectivity index (χ4v) is 3.88. The first-order valence-electron chi connectivity index (χ1n) is 11.3. The first-order valence-corrected chi connectivity index (χ1v) is 11.6. The quantitative estimate of drug-likeness (QED) is 0.390. The van der Waals surface area contributed by atoms with Crippen molar-refractivity contribution in [3.05, 3.63) is 98.3 Å². The molecule has 0 aliphatic rings.